The zero-order valence-electron chi connectivity index (χ0n) is 11.2. The summed E-state index contributed by atoms with van der Waals surface area (Å²) in [6.45, 7) is 13.2. The van der Waals surface area contributed by atoms with Crippen LogP contribution in [0, 0.1) is 0 Å². The van der Waals surface area contributed by atoms with Gasteiger partial charge in [-0.2, -0.15) is 12.6 Å². The Kier molecular flexibility index (Phi) is 6.16. The lowest BCUT2D eigenvalue weighted by molar-refractivity contribution is 0.0617. The predicted octanol–water partition coefficient (Wildman–Crippen LogP) is 2.50. The topological polar surface area (TPSA) is 6.48 Å². The third-order valence-corrected chi connectivity index (χ3v) is 3.77. The van der Waals surface area contributed by atoms with Crippen LogP contribution < -0.4 is 0 Å². The number of nitrogens with zero attached hydrogens (tertiary/aromatic N) is 2. The van der Waals surface area contributed by atoms with Gasteiger partial charge in [-0.15, -0.1) is 0 Å². The highest BCUT2D eigenvalue weighted by Gasteiger charge is 2.25. The molecule has 0 saturated carbocycles. The second-order valence-corrected chi connectivity index (χ2v) is 6.23. The number of piperazine rings is 1. The van der Waals surface area contributed by atoms with Gasteiger partial charge in [-0.05, 0) is 45.9 Å². The SMILES string of the molecule is CC(C)(C)N1CCN(CCCCCS)CC1. The van der Waals surface area contributed by atoms with Crippen LogP contribution in [0.25, 0.3) is 0 Å². The standard InChI is InChI=1S/C13H28N2S/c1-13(2,3)15-10-8-14(9-11-15)7-5-4-6-12-16/h16H,4-12H2,1-3H3. The van der Waals surface area contributed by atoms with Crippen molar-refractivity contribution < 1.29 is 0 Å². The molecule has 0 spiro atoms. The number of rotatable bonds is 5. The van der Waals surface area contributed by atoms with E-state index in [1.54, 1.807) is 0 Å². The van der Waals surface area contributed by atoms with Gasteiger partial charge in [-0.25, -0.2) is 0 Å². The second-order valence-electron chi connectivity index (χ2n) is 5.78. The molecule has 0 radical (unpaired) electrons. The van der Waals surface area contributed by atoms with Gasteiger partial charge < -0.3 is 4.90 Å². The lowest BCUT2D eigenvalue weighted by Gasteiger charge is -2.42. The zero-order valence-corrected chi connectivity index (χ0v) is 12.1. The fourth-order valence-corrected chi connectivity index (χ4v) is 2.49. The van der Waals surface area contributed by atoms with Gasteiger partial charge in [0.15, 0.2) is 0 Å². The van der Waals surface area contributed by atoms with Crippen LogP contribution in [0.5, 0.6) is 0 Å². The maximum absolute atomic E-state index is 4.24. The first kappa shape index (κ1) is 14.3. The summed E-state index contributed by atoms with van der Waals surface area (Å²) < 4.78 is 0. The van der Waals surface area contributed by atoms with E-state index in [1.165, 1.54) is 52.0 Å². The predicted molar refractivity (Wildman–Crippen MR) is 75.5 cm³/mol. The molecule has 1 saturated heterocycles. The molecular weight excluding hydrogens is 216 g/mol. The minimum absolute atomic E-state index is 0.345. The van der Waals surface area contributed by atoms with Crippen LogP contribution in [0.15, 0.2) is 0 Å². The molecule has 1 fully saturated rings. The van der Waals surface area contributed by atoms with Crippen molar-refractivity contribution in [3.63, 3.8) is 0 Å². The molecule has 16 heavy (non-hydrogen) atoms. The van der Waals surface area contributed by atoms with Crippen LogP contribution >= 0.6 is 12.6 Å². The van der Waals surface area contributed by atoms with Crippen molar-refractivity contribution in [2.75, 3.05) is 38.5 Å². The van der Waals surface area contributed by atoms with Gasteiger partial charge in [-0.3, -0.25) is 4.90 Å². The van der Waals surface area contributed by atoms with Gasteiger partial charge in [0.25, 0.3) is 0 Å². The first-order valence-corrected chi connectivity index (χ1v) is 7.25. The molecule has 0 N–H and O–H groups in total. The lowest BCUT2D eigenvalue weighted by Crippen LogP contribution is -2.53. The van der Waals surface area contributed by atoms with Crippen LogP contribution in [0.2, 0.25) is 0 Å². The highest BCUT2D eigenvalue weighted by Crippen LogP contribution is 2.16. The third-order valence-electron chi connectivity index (χ3n) is 3.45. The summed E-state index contributed by atoms with van der Waals surface area (Å²) in [7, 11) is 0. The van der Waals surface area contributed by atoms with Crippen molar-refractivity contribution in [1.82, 2.24) is 9.80 Å². The van der Waals surface area contributed by atoms with Crippen LogP contribution in [0.1, 0.15) is 40.0 Å². The monoisotopic (exact) mass is 244 g/mol. The Labute approximate surface area is 107 Å². The summed E-state index contributed by atoms with van der Waals surface area (Å²) in [4.78, 5) is 5.21. The molecule has 96 valence electrons. The maximum atomic E-state index is 4.24. The smallest absolute Gasteiger partial charge is 0.0126 e. The quantitative estimate of drug-likeness (QED) is 0.586. The molecule has 0 atom stereocenters. The summed E-state index contributed by atoms with van der Waals surface area (Å²) in [5.41, 5.74) is 0.345. The Morgan fingerprint density at radius 3 is 2.06 bits per heavy atom. The molecule has 0 aromatic carbocycles. The van der Waals surface area contributed by atoms with E-state index >= 15 is 0 Å². The van der Waals surface area contributed by atoms with Crippen LogP contribution in [-0.2, 0) is 0 Å². The molecule has 0 unspecified atom stereocenters. The minimum atomic E-state index is 0.345. The zero-order chi connectivity index (χ0) is 12.0. The molecule has 1 rings (SSSR count). The minimum Gasteiger partial charge on any atom is -0.301 e. The van der Waals surface area contributed by atoms with E-state index in [4.69, 9.17) is 0 Å². The van der Waals surface area contributed by atoms with Crippen molar-refractivity contribution in [3.05, 3.63) is 0 Å². The van der Waals surface area contributed by atoms with Crippen molar-refractivity contribution in [3.8, 4) is 0 Å². The van der Waals surface area contributed by atoms with Crippen molar-refractivity contribution >= 4 is 12.6 Å². The van der Waals surface area contributed by atoms with Crippen LogP contribution in [-0.4, -0.2) is 53.8 Å². The number of thiol groups is 1. The Morgan fingerprint density at radius 1 is 0.938 bits per heavy atom. The third kappa shape index (κ3) is 5.07. The van der Waals surface area contributed by atoms with E-state index in [9.17, 15) is 0 Å². The Morgan fingerprint density at radius 2 is 1.56 bits per heavy atom. The summed E-state index contributed by atoms with van der Waals surface area (Å²) >= 11 is 4.24. The Bertz CT molecular complexity index is 181. The maximum Gasteiger partial charge on any atom is 0.0126 e. The van der Waals surface area contributed by atoms with Crippen LogP contribution in [0.3, 0.4) is 0 Å². The number of hydrogen-bond acceptors (Lipinski definition) is 3. The fourth-order valence-electron chi connectivity index (χ4n) is 2.27. The second kappa shape index (κ2) is 6.87. The molecule has 3 heteroatoms. The van der Waals surface area contributed by atoms with Crippen LogP contribution in [0.4, 0.5) is 0 Å². The largest absolute Gasteiger partial charge is 0.301 e. The summed E-state index contributed by atoms with van der Waals surface area (Å²) in [5.74, 6) is 1.04. The van der Waals surface area contributed by atoms with Gasteiger partial charge in [-0.1, -0.05) is 6.42 Å². The van der Waals surface area contributed by atoms with Crippen molar-refractivity contribution in [1.29, 1.82) is 0 Å². The normalized spacial score (nSPS) is 20.2. The van der Waals surface area contributed by atoms with Gasteiger partial charge >= 0.3 is 0 Å². The average molecular weight is 244 g/mol. The molecule has 2 nitrogen and oxygen atoms in total. The van der Waals surface area contributed by atoms with Gasteiger partial charge in [0.2, 0.25) is 0 Å². The fraction of sp³-hybridized carbons (Fsp3) is 1.00. The highest BCUT2D eigenvalue weighted by atomic mass is 32.1. The number of unbranched alkanes of at least 4 members (excludes halogenated alkanes) is 2. The first-order chi connectivity index (χ1) is 7.54. The van der Waals surface area contributed by atoms with Gasteiger partial charge in [0.1, 0.15) is 0 Å². The summed E-state index contributed by atoms with van der Waals surface area (Å²) in [6.07, 6.45) is 3.95. The van der Waals surface area contributed by atoms with Gasteiger partial charge in [0, 0.05) is 31.7 Å². The van der Waals surface area contributed by atoms with E-state index in [0.29, 0.717) is 5.54 Å². The Hall–Kier alpha value is 0.270. The molecular formula is C13H28N2S. The Balaban J connectivity index is 2.12. The number of hydrogen-bond donors (Lipinski definition) is 1. The van der Waals surface area contributed by atoms with E-state index in [1.807, 2.05) is 0 Å². The molecule has 0 amide bonds. The molecule has 1 aliphatic heterocycles. The van der Waals surface area contributed by atoms with Crippen molar-refractivity contribution in [2.45, 2.75) is 45.6 Å². The molecule has 1 heterocycles. The molecule has 0 aromatic heterocycles. The van der Waals surface area contributed by atoms with Crippen molar-refractivity contribution in [2.24, 2.45) is 0 Å². The molecule has 0 aliphatic carbocycles. The van der Waals surface area contributed by atoms with E-state index in [0.717, 1.165) is 5.75 Å². The van der Waals surface area contributed by atoms with Gasteiger partial charge in [0.05, 0.1) is 0 Å². The van der Waals surface area contributed by atoms with E-state index in [2.05, 4.69) is 43.2 Å². The molecule has 0 aromatic rings. The molecule has 1 aliphatic rings. The summed E-state index contributed by atoms with van der Waals surface area (Å²) in [6, 6.07) is 0. The first-order valence-electron chi connectivity index (χ1n) is 6.62. The lowest BCUT2D eigenvalue weighted by atomic mass is 10.0. The average Bonchev–Trinajstić information content (AvgIpc) is 2.24. The molecule has 0 bridgehead atoms. The highest BCUT2D eigenvalue weighted by molar-refractivity contribution is 7.80. The van der Waals surface area contributed by atoms with E-state index < -0.39 is 0 Å². The summed E-state index contributed by atoms with van der Waals surface area (Å²) in [5, 5.41) is 0. The van der Waals surface area contributed by atoms with E-state index in [-0.39, 0.29) is 0 Å².